The maximum absolute atomic E-state index is 13.5. The van der Waals surface area contributed by atoms with Crippen LogP contribution in [-0.4, -0.2) is 56.9 Å². The summed E-state index contributed by atoms with van der Waals surface area (Å²) in [5, 5.41) is 5.61. The summed E-state index contributed by atoms with van der Waals surface area (Å²) in [4.78, 5) is 25.0. The maximum atomic E-state index is 13.5. The fourth-order valence-electron chi connectivity index (χ4n) is 4.50. The zero-order valence-corrected chi connectivity index (χ0v) is 20.3. The van der Waals surface area contributed by atoms with Crippen molar-refractivity contribution in [2.24, 2.45) is 5.92 Å². The van der Waals surface area contributed by atoms with E-state index in [1.165, 1.54) is 10.4 Å². The first-order valence-corrected chi connectivity index (χ1v) is 13.0. The van der Waals surface area contributed by atoms with Gasteiger partial charge in [0.2, 0.25) is 15.9 Å². The number of nitrogens with zero attached hydrogens (tertiary/aromatic N) is 1. The third-order valence-corrected chi connectivity index (χ3v) is 8.40. The van der Waals surface area contributed by atoms with Crippen molar-refractivity contribution in [3.05, 3.63) is 35.9 Å². The zero-order chi connectivity index (χ0) is 24.7. The molecule has 0 unspecified atom stereocenters. The van der Waals surface area contributed by atoms with Crippen molar-refractivity contribution in [3.8, 4) is 17.2 Å². The van der Waals surface area contributed by atoms with Crippen LogP contribution in [-0.2, 0) is 19.6 Å². The summed E-state index contributed by atoms with van der Waals surface area (Å²) < 4.78 is 45.1. The Morgan fingerprint density at radius 1 is 1.11 bits per heavy atom. The minimum Gasteiger partial charge on any atom is -0.486 e. The predicted molar refractivity (Wildman–Crippen MR) is 127 cm³/mol. The number of rotatable bonds is 4. The Labute approximate surface area is 203 Å². The van der Waals surface area contributed by atoms with Gasteiger partial charge in [-0.15, -0.1) is 0 Å². The van der Waals surface area contributed by atoms with E-state index in [0.29, 0.717) is 66.8 Å². The van der Waals surface area contributed by atoms with Crippen LogP contribution in [0.4, 0.5) is 11.4 Å². The molecule has 0 aliphatic carbocycles. The number of carbonyl (C=O) groups is 2. The van der Waals surface area contributed by atoms with Crippen LogP contribution >= 0.6 is 0 Å². The van der Waals surface area contributed by atoms with Crippen LogP contribution in [0.3, 0.4) is 0 Å². The molecule has 0 aromatic heterocycles. The van der Waals surface area contributed by atoms with E-state index in [4.69, 9.17) is 14.2 Å². The highest BCUT2D eigenvalue weighted by Gasteiger charge is 2.35. The lowest BCUT2D eigenvalue weighted by Gasteiger charge is -2.32. The van der Waals surface area contributed by atoms with E-state index >= 15 is 0 Å². The Bertz CT molecular complexity index is 1290. The van der Waals surface area contributed by atoms with Gasteiger partial charge in [-0.3, -0.25) is 9.59 Å². The minimum absolute atomic E-state index is 0.0727. The van der Waals surface area contributed by atoms with Gasteiger partial charge in [-0.25, -0.2) is 8.42 Å². The van der Waals surface area contributed by atoms with E-state index in [-0.39, 0.29) is 23.3 Å². The van der Waals surface area contributed by atoms with Crippen LogP contribution in [0.1, 0.15) is 25.3 Å². The number of sulfonamides is 1. The van der Waals surface area contributed by atoms with E-state index < -0.39 is 22.0 Å². The molecule has 10 nitrogen and oxygen atoms in total. The molecule has 2 aromatic rings. The van der Waals surface area contributed by atoms with Crippen LogP contribution in [0.2, 0.25) is 0 Å². The van der Waals surface area contributed by atoms with Gasteiger partial charge in [0.25, 0.3) is 5.91 Å². The summed E-state index contributed by atoms with van der Waals surface area (Å²) in [6.07, 6.45) is 0.425. The predicted octanol–water partition coefficient (Wildman–Crippen LogP) is 2.53. The highest BCUT2D eigenvalue weighted by Crippen LogP contribution is 2.37. The first-order valence-electron chi connectivity index (χ1n) is 11.6. The molecule has 3 aliphatic rings. The molecule has 3 aliphatic heterocycles. The van der Waals surface area contributed by atoms with Crippen molar-refractivity contribution in [3.63, 3.8) is 0 Å². The van der Waals surface area contributed by atoms with Gasteiger partial charge in [0.1, 0.15) is 19.0 Å². The number of piperidine rings is 1. The fourth-order valence-corrected chi connectivity index (χ4v) is 6.25. The number of anilines is 2. The van der Waals surface area contributed by atoms with Crippen LogP contribution in [0.5, 0.6) is 17.2 Å². The molecule has 35 heavy (non-hydrogen) atoms. The van der Waals surface area contributed by atoms with Crippen molar-refractivity contribution in [2.75, 3.05) is 36.9 Å². The molecule has 0 spiro atoms. The molecule has 5 rings (SSSR count). The second-order valence-corrected chi connectivity index (χ2v) is 10.8. The number of amides is 2. The minimum atomic E-state index is -3.88. The molecule has 2 amide bonds. The average Bonchev–Trinajstić information content (AvgIpc) is 2.84. The Morgan fingerprint density at radius 2 is 1.89 bits per heavy atom. The number of aryl methyl sites for hydroxylation is 1. The van der Waals surface area contributed by atoms with Crippen molar-refractivity contribution in [1.29, 1.82) is 0 Å². The second-order valence-electron chi connectivity index (χ2n) is 8.91. The molecule has 0 radical (unpaired) electrons. The lowest BCUT2D eigenvalue weighted by atomic mass is 9.98. The van der Waals surface area contributed by atoms with Gasteiger partial charge in [-0.2, -0.15) is 4.31 Å². The molecule has 2 atom stereocenters. The number of carbonyl (C=O) groups excluding carboxylic acids is 2. The first-order chi connectivity index (χ1) is 16.7. The summed E-state index contributed by atoms with van der Waals surface area (Å²) in [5.41, 5.74) is 1.50. The standard InChI is InChI=1S/C24H27N3O7S/c1-14-10-18-20(34-15(2)23(28)26-18)12-22(14)35(30,31)27-7-3-4-16(13-27)24(29)25-17-5-6-19-21(11-17)33-9-8-32-19/h5-6,10-12,15-16H,3-4,7-9,13H2,1-2H3,(H,25,29)(H,26,28)/t15-,16+/m1/s1. The highest BCUT2D eigenvalue weighted by atomic mass is 32.2. The number of ether oxygens (including phenoxy) is 3. The molecule has 186 valence electrons. The summed E-state index contributed by atoms with van der Waals surface area (Å²) in [7, 11) is -3.88. The topological polar surface area (TPSA) is 123 Å². The average molecular weight is 502 g/mol. The van der Waals surface area contributed by atoms with E-state index in [1.54, 1.807) is 38.1 Å². The molecule has 2 aromatic carbocycles. The third kappa shape index (κ3) is 4.53. The van der Waals surface area contributed by atoms with Gasteiger partial charge in [-0.1, -0.05) is 0 Å². The summed E-state index contributed by atoms with van der Waals surface area (Å²) >= 11 is 0. The second kappa shape index (κ2) is 9.04. The van der Waals surface area contributed by atoms with Crippen molar-refractivity contribution in [1.82, 2.24) is 4.31 Å². The monoisotopic (exact) mass is 501 g/mol. The zero-order valence-electron chi connectivity index (χ0n) is 19.5. The van der Waals surface area contributed by atoms with Crippen molar-refractivity contribution >= 4 is 33.2 Å². The molecule has 3 heterocycles. The molecule has 0 saturated carbocycles. The largest absolute Gasteiger partial charge is 0.486 e. The number of benzene rings is 2. The SMILES string of the molecule is Cc1cc2c(cc1S(=O)(=O)N1CCC[C@H](C(=O)Nc3ccc4c(c3)OCCO4)C1)O[C@H](C)C(=O)N2. The van der Waals surface area contributed by atoms with Gasteiger partial charge in [-0.05, 0) is 50.5 Å². The Morgan fingerprint density at radius 3 is 2.69 bits per heavy atom. The van der Waals surface area contributed by atoms with Gasteiger partial charge >= 0.3 is 0 Å². The molecule has 0 bridgehead atoms. The van der Waals surface area contributed by atoms with E-state index in [9.17, 15) is 18.0 Å². The van der Waals surface area contributed by atoms with Gasteiger partial charge in [0, 0.05) is 30.9 Å². The Kier molecular flexibility index (Phi) is 6.06. The fraction of sp³-hybridized carbons (Fsp3) is 0.417. The lowest BCUT2D eigenvalue weighted by Crippen LogP contribution is -2.44. The summed E-state index contributed by atoms with van der Waals surface area (Å²) in [5.74, 6) is 0.477. The van der Waals surface area contributed by atoms with Gasteiger partial charge in [0.05, 0.1) is 16.5 Å². The van der Waals surface area contributed by atoms with Crippen molar-refractivity contribution in [2.45, 2.75) is 37.7 Å². The molecule has 11 heteroatoms. The smallest absolute Gasteiger partial charge is 0.265 e. The highest BCUT2D eigenvalue weighted by molar-refractivity contribution is 7.89. The van der Waals surface area contributed by atoms with Crippen LogP contribution in [0.25, 0.3) is 0 Å². The maximum Gasteiger partial charge on any atom is 0.265 e. The molecular weight excluding hydrogens is 474 g/mol. The summed E-state index contributed by atoms with van der Waals surface area (Å²) in [6.45, 7) is 4.59. The third-order valence-electron chi connectivity index (χ3n) is 6.39. The van der Waals surface area contributed by atoms with Gasteiger partial charge < -0.3 is 24.8 Å². The first kappa shape index (κ1) is 23.4. The van der Waals surface area contributed by atoms with E-state index in [0.717, 1.165) is 0 Å². The Hall–Kier alpha value is -3.31. The molecular formula is C24H27N3O7S. The summed E-state index contributed by atoms with van der Waals surface area (Å²) in [6, 6.07) is 8.24. The normalized spacial score (nSPS) is 21.9. The van der Waals surface area contributed by atoms with Crippen LogP contribution in [0, 0.1) is 12.8 Å². The Balaban J connectivity index is 1.32. The van der Waals surface area contributed by atoms with Crippen LogP contribution < -0.4 is 24.8 Å². The van der Waals surface area contributed by atoms with Gasteiger partial charge in [0.15, 0.2) is 17.6 Å². The number of hydrogen-bond acceptors (Lipinski definition) is 7. The quantitative estimate of drug-likeness (QED) is 0.660. The number of nitrogens with one attached hydrogen (secondary N) is 2. The van der Waals surface area contributed by atoms with Crippen molar-refractivity contribution < 1.29 is 32.2 Å². The molecule has 2 N–H and O–H groups in total. The van der Waals surface area contributed by atoms with Crippen LogP contribution in [0.15, 0.2) is 35.2 Å². The van der Waals surface area contributed by atoms with E-state index in [1.807, 2.05) is 0 Å². The number of fused-ring (bicyclic) bond motifs is 2. The molecule has 1 saturated heterocycles. The lowest BCUT2D eigenvalue weighted by molar-refractivity contribution is -0.123. The number of hydrogen-bond donors (Lipinski definition) is 2. The van der Waals surface area contributed by atoms with E-state index in [2.05, 4.69) is 10.6 Å². The molecule has 1 fully saturated rings.